The molecule has 1 N–H and O–H groups in total. The van der Waals surface area contributed by atoms with Crippen LogP contribution in [-0.4, -0.2) is 21.2 Å². The molecule has 0 radical (unpaired) electrons. The Hall–Kier alpha value is -6.85. The van der Waals surface area contributed by atoms with Gasteiger partial charge in [0.1, 0.15) is 17.5 Å². The van der Waals surface area contributed by atoms with E-state index in [1.165, 1.54) is 5.56 Å². The molecule has 1 atom stereocenters. The molecule has 1 aromatic heterocycles. The molecule has 7 aromatic carbocycles. The van der Waals surface area contributed by atoms with Crippen LogP contribution in [0.1, 0.15) is 22.9 Å². The zero-order chi connectivity index (χ0) is 34.0. The highest BCUT2D eigenvalue weighted by Gasteiger charge is 2.21. The van der Waals surface area contributed by atoms with Crippen LogP contribution in [0.15, 0.2) is 198 Å². The summed E-state index contributed by atoms with van der Waals surface area (Å²) in [6.07, 6.45) is -0.415. The molecule has 5 nitrogen and oxygen atoms in total. The number of nitrogens with zero attached hydrogens (tertiary/aromatic N) is 4. The Morgan fingerprint density at radius 2 is 0.941 bits per heavy atom. The predicted molar refractivity (Wildman–Crippen MR) is 209 cm³/mol. The van der Waals surface area contributed by atoms with Crippen LogP contribution in [0.2, 0.25) is 0 Å². The van der Waals surface area contributed by atoms with Gasteiger partial charge in [0.25, 0.3) is 0 Å². The van der Waals surface area contributed by atoms with Crippen molar-refractivity contribution in [2.24, 2.45) is 9.98 Å². The van der Waals surface area contributed by atoms with Crippen LogP contribution in [0.5, 0.6) is 0 Å². The number of amidine groups is 2. The summed E-state index contributed by atoms with van der Waals surface area (Å²) in [6.45, 7) is 0. The Morgan fingerprint density at radius 3 is 1.69 bits per heavy atom. The Kier molecular flexibility index (Phi) is 7.84. The lowest BCUT2D eigenvalue weighted by Crippen LogP contribution is -2.36. The van der Waals surface area contributed by atoms with Crippen molar-refractivity contribution in [1.29, 1.82) is 0 Å². The zero-order valence-electron chi connectivity index (χ0n) is 27.8. The molecule has 1 aliphatic heterocycles. The standard InChI is InChI=1S/C46H33N5/c1-4-14-32(15-5-1)36-18-12-20-38(30-36)44-48-43(34-16-6-2-7-17-34)49-45(50-44)39-21-13-19-37(31-39)33-26-28-35(29-27-33)46-47-41-24-10-11-25-42(41)51(46)40-22-8-3-9-23-40/h1-31,45H,(H,48,49,50). The predicted octanol–water partition coefficient (Wildman–Crippen LogP) is 10.5. The van der Waals surface area contributed by atoms with E-state index in [9.17, 15) is 0 Å². The number of hydrogen-bond acceptors (Lipinski definition) is 4. The lowest BCUT2D eigenvalue weighted by atomic mass is 10.00. The molecular weight excluding hydrogens is 623 g/mol. The van der Waals surface area contributed by atoms with Gasteiger partial charge in [-0.25, -0.2) is 15.0 Å². The van der Waals surface area contributed by atoms with Gasteiger partial charge >= 0.3 is 0 Å². The molecule has 0 amide bonds. The van der Waals surface area contributed by atoms with E-state index in [-0.39, 0.29) is 0 Å². The highest BCUT2D eigenvalue weighted by Crippen LogP contribution is 2.33. The molecule has 0 saturated carbocycles. The summed E-state index contributed by atoms with van der Waals surface area (Å²) in [5.41, 5.74) is 11.8. The Bertz CT molecular complexity index is 2530. The van der Waals surface area contributed by atoms with Gasteiger partial charge in [-0.1, -0.05) is 152 Å². The minimum absolute atomic E-state index is 0.415. The molecule has 0 spiro atoms. The van der Waals surface area contributed by atoms with Crippen LogP contribution >= 0.6 is 0 Å². The zero-order valence-corrected chi connectivity index (χ0v) is 27.8. The first-order valence-electron chi connectivity index (χ1n) is 17.1. The van der Waals surface area contributed by atoms with Crippen molar-refractivity contribution in [2.75, 3.05) is 0 Å². The maximum Gasteiger partial charge on any atom is 0.169 e. The molecule has 8 aromatic rings. The molecule has 51 heavy (non-hydrogen) atoms. The highest BCUT2D eigenvalue weighted by atomic mass is 15.2. The fourth-order valence-electron chi connectivity index (χ4n) is 6.71. The lowest BCUT2D eigenvalue weighted by molar-refractivity contribution is 0.756. The van der Waals surface area contributed by atoms with E-state index in [0.29, 0.717) is 0 Å². The first kappa shape index (κ1) is 30.2. The maximum atomic E-state index is 5.19. The summed E-state index contributed by atoms with van der Waals surface area (Å²) in [5, 5.41) is 3.55. The van der Waals surface area contributed by atoms with Crippen molar-refractivity contribution in [3.63, 3.8) is 0 Å². The molecule has 1 unspecified atom stereocenters. The SMILES string of the molecule is c1ccc(C2=NC(c3cccc(-c4ccc(-c5nc6ccccc6n5-c5ccccc5)cc4)c3)N=C(c3cccc(-c4ccccc4)c3)N2)cc1. The molecule has 2 heterocycles. The molecule has 0 fully saturated rings. The van der Waals surface area contributed by atoms with Gasteiger partial charge in [-0.05, 0) is 64.2 Å². The van der Waals surface area contributed by atoms with Crippen molar-refractivity contribution in [1.82, 2.24) is 14.9 Å². The number of hydrogen-bond donors (Lipinski definition) is 1. The van der Waals surface area contributed by atoms with Crippen molar-refractivity contribution in [3.05, 3.63) is 205 Å². The molecule has 5 heteroatoms. The molecule has 0 bridgehead atoms. The Labute approximate surface area is 297 Å². The van der Waals surface area contributed by atoms with Crippen LogP contribution in [0.4, 0.5) is 0 Å². The van der Waals surface area contributed by atoms with Gasteiger partial charge in [0.2, 0.25) is 0 Å². The van der Waals surface area contributed by atoms with Crippen molar-refractivity contribution in [3.8, 4) is 39.3 Å². The van der Waals surface area contributed by atoms with Crippen LogP contribution in [0, 0.1) is 0 Å². The third kappa shape index (κ3) is 6.02. The second kappa shape index (κ2) is 13.2. The number of fused-ring (bicyclic) bond motifs is 1. The fourth-order valence-corrected chi connectivity index (χ4v) is 6.71. The van der Waals surface area contributed by atoms with Gasteiger partial charge in [-0.2, -0.15) is 0 Å². The number of aliphatic imine (C=N–C) groups is 2. The third-order valence-electron chi connectivity index (χ3n) is 9.27. The largest absolute Gasteiger partial charge is 0.324 e. The van der Waals surface area contributed by atoms with Crippen molar-refractivity contribution in [2.45, 2.75) is 6.17 Å². The fraction of sp³-hybridized carbons (Fsp3) is 0.0217. The van der Waals surface area contributed by atoms with Crippen LogP contribution in [-0.2, 0) is 0 Å². The topological polar surface area (TPSA) is 54.6 Å². The van der Waals surface area contributed by atoms with E-state index in [4.69, 9.17) is 15.0 Å². The Balaban J connectivity index is 1.07. The second-order valence-electron chi connectivity index (χ2n) is 12.6. The summed E-state index contributed by atoms with van der Waals surface area (Å²) in [7, 11) is 0. The van der Waals surface area contributed by atoms with E-state index in [2.05, 4.69) is 162 Å². The highest BCUT2D eigenvalue weighted by molar-refractivity contribution is 6.16. The molecule has 0 aliphatic carbocycles. The van der Waals surface area contributed by atoms with E-state index >= 15 is 0 Å². The van der Waals surface area contributed by atoms with E-state index in [1.54, 1.807) is 0 Å². The van der Waals surface area contributed by atoms with Gasteiger partial charge < -0.3 is 5.32 Å². The monoisotopic (exact) mass is 655 g/mol. The molecule has 0 saturated heterocycles. The van der Waals surface area contributed by atoms with Gasteiger partial charge in [0.15, 0.2) is 6.17 Å². The first-order valence-corrected chi connectivity index (χ1v) is 17.1. The average Bonchev–Trinajstić information content (AvgIpc) is 3.62. The summed E-state index contributed by atoms with van der Waals surface area (Å²) < 4.78 is 2.23. The van der Waals surface area contributed by atoms with Gasteiger partial charge in [-0.15, -0.1) is 0 Å². The lowest BCUT2D eigenvalue weighted by Gasteiger charge is -2.23. The minimum Gasteiger partial charge on any atom is -0.324 e. The summed E-state index contributed by atoms with van der Waals surface area (Å²) in [4.78, 5) is 15.4. The quantitative estimate of drug-likeness (QED) is 0.186. The number of aromatic nitrogens is 2. The number of rotatable bonds is 7. The molecule has 1 aliphatic rings. The van der Waals surface area contributed by atoms with Crippen LogP contribution in [0.25, 0.3) is 50.4 Å². The number of nitrogens with one attached hydrogen (secondary N) is 1. The summed E-state index contributed by atoms with van der Waals surface area (Å²) in [6, 6.07) is 65.2. The van der Waals surface area contributed by atoms with E-state index < -0.39 is 6.17 Å². The Morgan fingerprint density at radius 1 is 0.412 bits per heavy atom. The molecule has 9 rings (SSSR count). The summed E-state index contributed by atoms with van der Waals surface area (Å²) in [5.74, 6) is 2.51. The third-order valence-corrected chi connectivity index (χ3v) is 9.27. The second-order valence-corrected chi connectivity index (χ2v) is 12.6. The van der Waals surface area contributed by atoms with Crippen LogP contribution < -0.4 is 5.32 Å². The van der Waals surface area contributed by atoms with E-state index in [1.807, 2.05) is 36.4 Å². The van der Waals surface area contributed by atoms with Crippen molar-refractivity contribution < 1.29 is 0 Å². The summed E-state index contributed by atoms with van der Waals surface area (Å²) >= 11 is 0. The normalized spacial score (nSPS) is 14.1. The molecular formula is C46H33N5. The average molecular weight is 656 g/mol. The van der Waals surface area contributed by atoms with E-state index in [0.717, 1.165) is 73.2 Å². The number of para-hydroxylation sites is 3. The van der Waals surface area contributed by atoms with Gasteiger partial charge in [0, 0.05) is 22.4 Å². The molecule has 242 valence electrons. The maximum absolute atomic E-state index is 5.19. The van der Waals surface area contributed by atoms with Gasteiger partial charge in [-0.3, -0.25) is 4.57 Å². The number of imidazole rings is 1. The number of benzene rings is 7. The minimum atomic E-state index is -0.415. The van der Waals surface area contributed by atoms with Crippen LogP contribution in [0.3, 0.4) is 0 Å². The van der Waals surface area contributed by atoms with Crippen molar-refractivity contribution >= 4 is 22.7 Å². The first-order chi connectivity index (χ1) is 25.3. The smallest absolute Gasteiger partial charge is 0.169 e. The van der Waals surface area contributed by atoms with Gasteiger partial charge in [0.05, 0.1) is 11.0 Å².